The standard InChI is InChI=1S/C16H16F3N3O2S/c17-16(18,19)10-6-11(8-3-4-8)20-13-12(10)14(23)21-15(25)22(13)7-9-2-1-5-24-9/h6,8-9H,1-5,7H2,(H,21,23,25)/t9-/m0/s1. The Hall–Kier alpha value is -1.74. The van der Waals surface area contributed by atoms with Crippen molar-refractivity contribution in [3.8, 4) is 0 Å². The molecule has 0 radical (unpaired) electrons. The number of rotatable bonds is 3. The Kier molecular flexibility index (Phi) is 3.95. The van der Waals surface area contributed by atoms with Crippen LogP contribution in [-0.4, -0.2) is 27.2 Å². The summed E-state index contributed by atoms with van der Waals surface area (Å²) < 4.78 is 47.8. The summed E-state index contributed by atoms with van der Waals surface area (Å²) in [6.45, 7) is 0.901. The van der Waals surface area contributed by atoms with Crippen molar-refractivity contribution in [1.29, 1.82) is 0 Å². The maximum atomic E-state index is 13.6. The molecule has 0 bridgehead atoms. The number of nitrogens with one attached hydrogen (secondary N) is 1. The van der Waals surface area contributed by atoms with Gasteiger partial charge < -0.3 is 4.74 Å². The summed E-state index contributed by atoms with van der Waals surface area (Å²) in [7, 11) is 0. The van der Waals surface area contributed by atoms with Crippen LogP contribution in [0, 0.1) is 4.77 Å². The van der Waals surface area contributed by atoms with Gasteiger partial charge in [0.1, 0.15) is 5.65 Å². The SMILES string of the molecule is O=c1[nH]c(=S)n(C[C@@H]2CCCO2)c2nc(C3CC3)cc(C(F)(F)F)c12. The molecule has 4 rings (SSSR count). The van der Waals surface area contributed by atoms with Crippen molar-refractivity contribution in [1.82, 2.24) is 14.5 Å². The fourth-order valence-corrected chi connectivity index (χ4v) is 3.52. The number of hydrogen-bond donors (Lipinski definition) is 1. The summed E-state index contributed by atoms with van der Waals surface area (Å²) in [6, 6.07) is 1.01. The van der Waals surface area contributed by atoms with E-state index in [0.717, 1.165) is 31.7 Å². The first kappa shape index (κ1) is 16.7. The Morgan fingerprint density at radius 2 is 2.12 bits per heavy atom. The van der Waals surface area contributed by atoms with E-state index in [4.69, 9.17) is 17.0 Å². The van der Waals surface area contributed by atoms with Crippen LogP contribution < -0.4 is 5.56 Å². The lowest BCUT2D eigenvalue weighted by atomic mass is 10.1. The van der Waals surface area contributed by atoms with Gasteiger partial charge in [0.25, 0.3) is 5.56 Å². The molecule has 25 heavy (non-hydrogen) atoms. The van der Waals surface area contributed by atoms with Gasteiger partial charge in [0.05, 0.1) is 23.6 Å². The van der Waals surface area contributed by atoms with Crippen LogP contribution >= 0.6 is 12.2 Å². The number of H-pyrrole nitrogens is 1. The van der Waals surface area contributed by atoms with E-state index in [1.807, 2.05) is 0 Å². The third-order valence-electron chi connectivity index (χ3n) is 4.68. The van der Waals surface area contributed by atoms with Gasteiger partial charge in [-0.2, -0.15) is 13.2 Å². The van der Waals surface area contributed by atoms with Crippen LogP contribution in [0.15, 0.2) is 10.9 Å². The van der Waals surface area contributed by atoms with Crippen LogP contribution in [0.4, 0.5) is 13.2 Å². The normalized spacial score (nSPS) is 21.2. The Morgan fingerprint density at radius 1 is 1.36 bits per heavy atom. The summed E-state index contributed by atoms with van der Waals surface area (Å²) in [6.07, 6.45) is -1.45. The monoisotopic (exact) mass is 371 g/mol. The molecule has 0 spiro atoms. The van der Waals surface area contributed by atoms with Crippen molar-refractivity contribution in [3.05, 3.63) is 32.4 Å². The third-order valence-corrected chi connectivity index (χ3v) is 5.00. The zero-order valence-corrected chi connectivity index (χ0v) is 14.0. The number of aromatic amines is 1. The molecule has 2 aromatic heterocycles. The van der Waals surface area contributed by atoms with Crippen LogP contribution in [0.5, 0.6) is 0 Å². The van der Waals surface area contributed by atoms with Crippen molar-refractivity contribution in [2.24, 2.45) is 0 Å². The van der Waals surface area contributed by atoms with Gasteiger partial charge in [-0.15, -0.1) is 0 Å². The number of pyridine rings is 1. The first-order valence-corrected chi connectivity index (χ1v) is 8.62. The molecule has 9 heteroatoms. The highest BCUT2D eigenvalue weighted by Gasteiger charge is 2.37. The van der Waals surface area contributed by atoms with Gasteiger partial charge in [0.2, 0.25) is 0 Å². The molecule has 0 amide bonds. The fourth-order valence-electron chi connectivity index (χ4n) is 3.27. The molecule has 2 fully saturated rings. The lowest BCUT2D eigenvalue weighted by Gasteiger charge is -2.18. The minimum atomic E-state index is -4.64. The summed E-state index contributed by atoms with van der Waals surface area (Å²) in [5.74, 6) is 0.0227. The lowest BCUT2D eigenvalue weighted by molar-refractivity contribution is -0.136. The molecule has 1 aliphatic heterocycles. The van der Waals surface area contributed by atoms with Crippen molar-refractivity contribution in [2.75, 3.05) is 6.61 Å². The minimum Gasteiger partial charge on any atom is -0.376 e. The van der Waals surface area contributed by atoms with E-state index >= 15 is 0 Å². The van der Waals surface area contributed by atoms with Crippen LogP contribution in [0.1, 0.15) is 42.9 Å². The zero-order chi connectivity index (χ0) is 17.8. The van der Waals surface area contributed by atoms with Crippen LogP contribution in [0.2, 0.25) is 0 Å². The number of aromatic nitrogens is 3. The number of fused-ring (bicyclic) bond motifs is 1. The molecule has 1 atom stereocenters. The molecular weight excluding hydrogens is 355 g/mol. The fraction of sp³-hybridized carbons (Fsp3) is 0.562. The molecule has 1 N–H and O–H groups in total. The molecular formula is C16H16F3N3O2S. The highest BCUT2D eigenvalue weighted by molar-refractivity contribution is 7.71. The number of halogens is 3. The highest BCUT2D eigenvalue weighted by atomic mass is 32.1. The van der Waals surface area contributed by atoms with E-state index in [9.17, 15) is 18.0 Å². The van der Waals surface area contributed by atoms with Gasteiger partial charge in [-0.25, -0.2) is 4.98 Å². The zero-order valence-electron chi connectivity index (χ0n) is 13.2. The summed E-state index contributed by atoms with van der Waals surface area (Å²) in [5.41, 5.74) is -1.43. The van der Waals surface area contributed by atoms with Gasteiger partial charge in [0, 0.05) is 18.2 Å². The number of nitrogens with zero attached hydrogens (tertiary/aromatic N) is 2. The molecule has 1 saturated carbocycles. The topological polar surface area (TPSA) is 59.9 Å². The predicted octanol–water partition coefficient (Wildman–Crippen LogP) is 3.53. The smallest absolute Gasteiger partial charge is 0.376 e. The highest BCUT2D eigenvalue weighted by Crippen LogP contribution is 2.42. The second kappa shape index (κ2) is 5.91. The maximum Gasteiger partial charge on any atom is 0.417 e. The average Bonchev–Trinajstić information content (AvgIpc) is 3.26. The summed E-state index contributed by atoms with van der Waals surface area (Å²) in [4.78, 5) is 19.0. The van der Waals surface area contributed by atoms with E-state index < -0.39 is 22.7 Å². The van der Waals surface area contributed by atoms with E-state index in [-0.39, 0.29) is 29.0 Å². The van der Waals surface area contributed by atoms with E-state index in [1.165, 1.54) is 4.57 Å². The van der Waals surface area contributed by atoms with E-state index in [0.29, 0.717) is 12.3 Å². The Morgan fingerprint density at radius 3 is 2.72 bits per heavy atom. The maximum absolute atomic E-state index is 13.6. The molecule has 5 nitrogen and oxygen atoms in total. The van der Waals surface area contributed by atoms with Gasteiger partial charge in [-0.3, -0.25) is 14.3 Å². The minimum absolute atomic E-state index is 0.000903. The van der Waals surface area contributed by atoms with E-state index in [1.54, 1.807) is 0 Å². The van der Waals surface area contributed by atoms with Crippen molar-refractivity contribution >= 4 is 23.3 Å². The van der Waals surface area contributed by atoms with Gasteiger partial charge in [-0.1, -0.05) is 0 Å². The lowest BCUT2D eigenvalue weighted by Crippen LogP contribution is -2.24. The van der Waals surface area contributed by atoms with Crippen molar-refractivity contribution in [3.63, 3.8) is 0 Å². The number of hydrogen-bond acceptors (Lipinski definition) is 4. The van der Waals surface area contributed by atoms with Crippen LogP contribution in [0.3, 0.4) is 0 Å². The molecule has 2 aromatic rings. The molecule has 134 valence electrons. The van der Waals surface area contributed by atoms with Gasteiger partial charge in [0.15, 0.2) is 4.77 Å². The molecule has 1 aliphatic carbocycles. The second-order valence-corrected chi connectivity index (χ2v) is 6.96. The Balaban J connectivity index is 1.99. The first-order valence-electron chi connectivity index (χ1n) is 8.21. The summed E-state index contributed by atoms with van der Waals surface area (Å²) in [5, 5.41) is -0.455. The molecule has 0 aromatic carbocycles. The molecule has 2 aliphatic rings. The second-order valence-electron chi connectivity index (χ2n) is 6.57. The van der Waals surface area contributed by atoms with Crippen LogP contribution in [0.25, 0.3) is 11.0 Å². The Labute approximate surface area is 145 Å². The van der Waals surface area contributed by atoms with Gasteiger partial charge in [-0.05, 0) is 44.0 Å². The molecule has 3 heterocycles. The summed E-state index contributed by atoms with van der Waals surface area (Å²) >= 11 is 5.19. The number of alkyl halides is 3. The third kappa shape index (κ3) is 3.10. The average molecular weight is 371 g/mol. The molecule has 0 unspecified atom stereocenters. The van der Waals surface area contributed by atoms with Gasteiger partial charge >= 0.3 is 6.18 Å². The number of ether oxygens (including phenoxy) is 1. The predicted molar refractivity (Wildman–Crippen MR) is 87.1 cm³/mol. The van der Waals surface area contributed by atoms with Crippen molar-refractivity contribution < 1.29 is 17.9 Å². The van der Waals surface area contributed by atoms with Crippen molar-refractivity contribution in [2.45, 2.75) is 50.4 Å². The Bertz CT molecular complexity index is 941. The first-order chi connectivity index (χ1) is 11.8. The largest absolute Gasteiger partial charge is 0.417 e. The molecule has 1 saturated heterocycles. The van der Waals surface area contributed by atoms with E-state index in [2.05, 4.69) is 9.97 Å². The quantitative estimate of drug-likeness (QED) is 0.839. The van der Waals surface area contributed by atoms with Crippen LogP contribution in [-0.2, 0) is 17.5 Å².